The van der Waals surface area contributed by atoms with Gasteiger partial charge in [-0.1, -0.05) is 0 Å². The fourth-order valence-electron chi connectivity index (χ4n) is 1.01. The number of nitriles is 1. The molecule has 0 bridgehead atoms. The van der Waals surface area contributed by atoms with Crippen molar-refractivity contribution in [2.45, 2.75) is 12.9 Å². The Labute approximate surface area is 88.4 Å². The molecule has 0 unspecified atom stereocenters. The number of nitrogens with two attached hydrogens (primary N) is 2. The summed E-state index contributed by atoms with van der Waals surface area (Å²) in [6.45, 7) is -0.135. The van der Waals surface area contributed by atoms with Gasteiger partial charge < -0.3 is 16.2 Å². The third-order valence-corrected chi connectivity index (χ3v) is 1.65. The van der Waals surface area contributed by atoms with Crippen LogP contribution < -0.4 is 16.2 Å². The lowest BCUT2D eigenvalue weighted by Crippen LogP contribution is -2.19. The van der Waals surface area contributed by atoms with Crippen molar-refractivity contribution in [1.29, 1.82) is 5.26 Å². The molecule has 0 amide bonds. The lowest BCUT2D eigenvalue weighted by atomic mass is 10.2. The predicted molar refractivity (Wildman–Crippen MR) is 47.9 cm³/mol. The minimum atomic E-state index is -4.87. The number of pyridine rings is 1. The predicted octanol–water partition coefficient (Wildman–Crippen LogP) is 0.893. The molecule has 0 aliphatic carbocycles. The maximum Gasteiger partial charge on any atom is 0.573 e. The molecular formula is C8H7F3N4O. The summed E-state index contributed by atoms with van der Waals surface area (Å²) < 4.78 is 39.4. The van der Waals surface area contributed by atoms with E-state index in [0.717, 1.165) is 6.07 Å². The first-order valence-electron chi connectivity index (χ1n) is 4.02. The van der Waals surface area contributed by atoms with Gasteiger partial charge in [-0.05, 0) is 6.07 Å². The van der Waals surface area contributed by atoms with Crippen molar-refractivity contribution in [3.63, 3.8) is 0 Å². The number of anilines is 1. The minimum absolute atomic E-state index is 0.116. The van der Waals surface area contributed by atoms with Gasteiger partial charge in [-0.25, -0.2) is 4.98 Å². The number of alkyl halides is 3. The van der Waals surface area contributed by atoms with Crippen LogP contribution in [0.3, 0.4) is 0 Å². The summed E-state index contributed by atoms with van der Waals surface area (Å²) in [7, 11) is 0. The number of ether oxygens (including phenoxy) is 1. The van der Waals surface area contributed by atoms with Crippen LogP contribution in [-0.4, -0.2) is 11.3 Å². The summed E-state index contributed by atoms with van der Waals surface area (Å²) in [4.78, 5) is 3.46. The van der Waals surface area contributed by atoms with Gasteiger partial charge in [-0.15, -0.1) is 13.2 Å². The number of rotatable bonds is 2. The van der Waals surface area contributed by atoms with Gasteiger partial charge in [0.2, 0.25) is 0 Å². The first-order chi connectivity index (χ1) is 7.37. The van der Waals surface area contributed by atoms with Gasteiger partial charge in [0.1, 0.15) is 11.8 Å². The zero-order chi connectivity index (χ0) is 12.3. The van der Waals surface area contributed by atoms with Crippen LogP contribution >= 0.6 is 0 Å². The monoisotopic (exact) mass is 232 g/mol. The van der Waals surface area contributed by atoms with Crippen molar-refractivity contribution in [3.8, 4) is 11.8 Å². The fraction of sp³-hybridized carbons (Fsp3) is 0.250. The molecule has 1 aromatic heterocycles. The number of nitrogen functional groups attached to an aromatic ring is 1. The molecule has 8 heteroatoms. The van der Waals surface area contributed by atoms with E-state index in [4.69, 9.17) is 16.7 Å². The maximum absolute atomic E-state index is 11.9. The Morgan fingerprint density at radius 2 is 2.12 bits per heavy atom. The van der Waals surface area contributed by atoms with E-state index in [1.54, 1.807) is 6.07 Å². The van der Waals surface area contributed by atoms with E-state index in [2.05, 4.69) is 9.72 Å². The van der Waals surface area contributed by atoms with Crippen LogP contribution in [-0.2, 0) is 6.54 Å². The SMILES string of the molecule is N#Cc1nc(N)c(OC(F)(F)F)cc1CN. The molecule has 1 rings (SSSR count). The molecule has 86 valence electrons. The summed E-state index contributed by atoms with van der Waals surface area (Å²) in [5.74, 6) is -1.17. The van der Waals surface area contributed by atoms with E-state index in [-0.39, 0.29) is 17.8 Å². The van der Waals surface area contributed by atoms with E-state index in [1.165, 1.54) is 0 Å². The largest absolute Gasteiger partial charge is 0.573 e. The summed E-state index contributed by atoms with van der Waals surface area (Å²) in [5, 5.41) is 8.61. The molecule has 1 heterocycles. The highest BCUT2D eigenvalue weighted by Gasteiger charge is 2.32. The normalized spacial score (nSPS) is 10.9. The number of aromatic nitrogens is 1. The third-order valence-electron chi connectivity index (χ3n) is 1.65. The van der Waals surface area contributed by atoms with Crippen LogP contribution in [0.15, 0.2) is 6.07 Å². The Hall–Kier alpha value is -2.01. The molecule has 0 aromatic carbocycles. The van der Waals surface area contributed by atoms with Gasteiger partial charge in [-0.3, -0.25) is 0 Å². The van der Waals surface area contributed by atoms with Gasteiger partial charge in [-0.2, -0.15) is 5.26 Å². The fourth-order valence-corrected chi connectivity index (χ4v) is 1.01. The van der Waals surface area contributed by atoms with Gasteiger partial charge in [0.05, 0.1) is 0 Å². The maximum atomic E-state index is 11.9. The highest BCUT2D eigenvalue weighted by Crippen LogP contribution is 2.28. The first-order valence-corrected chi connectivity index (χ1v) is 4.02. The Morgan fingerprint density at radius 1 is 1.50 bits per heavy atom. The van der Waals surface area contributed by atoms with E-state index in [1.807, 2.05) is 0 Å². The molecule has 4 N–H and O–H groups in total. The minimum Gasteiger partial charge on any atom is -0.402 e. The van der Waals surface area contributed by atoms with Crippen LogP contribution in [0.1, 0.15) is 11.3 Å². The van der Waals surface area contributed by atoms with Crippen molar-refractivity contribution >= 4 is 5.82 Å². The number of nitrogens with zero attached hydrogens (tertiary/aromatic N) is 2. The van der Waals surface area contributed by atoms with Gasteiger partial charge in [0, 0.05) is 12.1 Å². The second-order valence-electron chi connectivity index (χ2n) is 2.74. The molecule has 5 nitrogen and oxygen atoms in total. The molecule has 16 heavy (non-hydrogen) atoms. The van der Waals surface area contributed by atoms with Crippen molar-refractivity contribution in [2.75, 3.05) is 5.73 Å². The van der Waals surface area contributed by atoms with Crippen molar-refractivity contribution in [1.82, 2.24) is 4.98 Å². The van der Waals surface area contributed by atoms with Crippen LogP contribution in [0.5, 0.6) is 5.75 Å². The van der Waals surface area contributed by atoms with E-state index in [9.17, 15) is 13.2 Å². The highest BCUT2D eigenvalue weighted by atomic mass is 19.4. The van der Waals surface area contributed by atoms with E-state index >= 15 is 0 Å². The summed E-state index contributed by atoms with van der Waals surface area (Å²) in [6.07, 6.45) is -4.87. The molecular weight excluding hydrogens is 225 g/mol. The quantitative estimate of drug-likeness (QED) is 0.789. The van der Waals surface area contributed by atoms with Crippen LogP contribution in [0.25, 0.3) is 0 Å². The van der Waals surface area contributed by atoms with E-state index in [0.29, 0.717) is 0 Å². The first kappa shape index (κ1) is 12.1. The standard InChI is InChI=1S/C8H7F3N4O/c9-8(10,11)16-6-1-4(2-12)5(3-13)15-7(6)14/h1H,2,12H2,(H2,14,15). The third kappa shape index (κ3) is 2.74. The second kappa shape index (κ2) is 4.24. The number of hydrogen-bond donors (Lipinski definition) is 2. The van der Waals surface area contributed by atoms with E-state index < -0.39 is 17.9 Å². The van der Waals surface area contributed by atoms with Crippen LogP contribution in [0, 0.1) is 11.3 Å². The molecule has 0 saturated heterocycles. The molecule has 0 fully saturated rings. The number of halogens is 3. The van der Waals surface area contributed by atoms with Crippen LogP contribution in [0.2, 0.25) is 0 Å². The molecule has 0 spiro atoms. The van der Waals surface area contributed by atoms with Gasteiger partial charge in [0.25, 0.3) is 0 Å². The summed E-state index contributed by atoms with van der Waals surface area (Å²) >= 11 is 0. The van der Waals surface area contributed by atoms with Crippen LogP contribution in [0.4, 0.5) is 19.0 Å². The summed E-state index contributed by atoms with van der Waals surface area (Å²) in [6, 6.07) is 2.62. The molecule has 0 atom stereocenters. The Balaban J connectivity index is 3.18. The average molecular weight is 232 g/mol. The second-order valence-corrected chi connectivity index (χ2v) is 2.74. The Morgan fingerprint density at radius 3 is 2.56 bits per heavy atom. The zero-order valence-corrected chi connectivity index (χ0v) is 7.88. The van der Waals surface area contributed by atoms with Crippen molar-refractivity contribution in [2.24, 2.45) is 5.73 Å². The highest BCUT2D eigenvalue weighted by molar-refractivity contribution is 5.51. The van der Waals surface area contributed by atoms with Crippen molar-refractivity contribution < 1.29 is 17.9 Å². The molecule has 0 aliphatic heterocycles. The molecule has 1 aromatic rings. The van der Waals surface area contributed by atoms with Gasteiger partial charge in [0.15, 0.2) is 11.6 Å². The smallest absolute Gasteiger partial charge is 0.402 e. The number of hydrogen-bond acceptors (Lipinski definition) is 5. The summed E-state index contributed by atoms with van der Waals surface area (Å²) in [5.41, 5.74) is 10.5. The lowest BCUT2D eigenvalue weighted by molar-refractivity contribution is -0.274. The topological polar surface area (TPSA) is 98.0 Å². The zero-order valence-electron chi connectivity index (χ0n) is 7.88. The lowest BCUT2D eigenvalue weighted by Gasteiger charge is -2.12. The Kier molecular flexibility index (Phi) is 3.20. The van der Waals surface area contributed by atoms with Gasteiger partial charge >= 0.3 is 6.36 Å². The molecule has 0 aliphatic rings. The average Bonchev–Trinajstić information content (AvgIpc) is 2.18. The molecule has 0 saturated carbocycles. The van der Waals surface area contributed by atoms with Crippen molar-refractivity contribution in [3.05, 3.63) is 17.3 Å². The molecule has 0 radical (unpaired) electrons. The Bertz CT molecular complexity index is 438.